The number of rotatable bonds is 13. The quantitative estimate of drug-likeness (QED) is 0.227. The third-order valence-electron chi connectivity index (χ3n) is 5.09. The Hall–Kier alpha value is -2.62. The summed E-state index contributed by atoms with van der Waals surface area (Å²) in [5, 5.41) is 4.09. The minimum atomic E-state index is -0.00730. The van der Waals surface area contributed by atoms with E-state index >= 15 is 0 Å². The second-order valence-electron chi connectivity index (χ2n) is 8.63. The van der Waals surface area contributed by atoms with Crippen LogP contribution in [-0.2, 0) is 4.79 Å². The molecule has 0 saturated carbocycles. The van der Waals surface area contributed by atoms with Crippen LogP contribution in [-0.4, -0.2) is 24.0 Å². The van der Waals surface area contributed by atoms with Crippen LogP contribution in [0.2, 0.25) is 0 Å². The van der Waals surface area contributed by atoms with Crippen molar-refractivity contribution in [3.05, 3.63) is 59.7 Å². The fourth-order valence-electron chi connectivity index (χ4n) is 3.34. The Bertz CT molecular complexity index is 884. The molecule has 168 valence electrons. The number of aromatic nitrogens is 1. The van der Waals surface area contributed by atoms with Crippen molar-refractivity contribution in [3.63, 3.8) is 0 Å². The van der Waals surface area contributed by atoms with Gasteiger partial charge in [0.1, 0.15) is 0 Å². The number of aryl methyl sites for hydroxylation is 1. The number of fused-ring (bicyclic) bond motifs is 1. The molecule has 31 heavy (non-hydrogen) atoms. The van der Waals surface area contributed by atoms with E-state index < -0.39 is 0 Å². The minimum absolute atomic E-state index is 0.00730. The molecular formula is C27H38N2O2. The van der Waals surface area contributed by atoms with E-state index in [4.69, 9.17) is 4.74 Å². The number of allylic oxidation sites excluding steroid dienone is 3. The van der Waals surface area contributed by atoms with Crippen molar-refractivity contribution >= 4 is 16.8 Å². The summed E-state index contributed by atoms with van der Waals surface area (Å²) in [5.41, 5.74) is 3.19. The van der Waals surface area contributed by atoms with Crippen LogP contribution >= 0.6 is 0 Å². The van der Waals surface area contributed by atoms with Crippen LogP contribution in [0, 0.1) is 12.8 Å². The summed E-state index contributed by atoms with van der Waals surface area (Å²) in [6, 6.07) is 10.2. The number of benzene rings is 1. The summed E-state index contributed by atoms with van der Waals surface area (Å²) in [6.07, 6.45) is 12.8. The predicted molar refractivity (Wildman–Crippen MR) is 130 cm³/mol. The van der Waals surface area contributed by atoms with Crippen molar-refractivity contribution < 1.29 is 9.53 Å². The Morgan fingerprint density at radius 3 is 2.68 bits per heavy atom. The van der Waals surface area contributed by atoms with Crippen LogP contribution in [0.25, 0.3) is 10.9 Å². The molecule has 0 aliphatic rings. The average molecular weight is 423 g/mol. The summed E-state index contributed by atoms with van der Waals surface area (Å²) >= 11 is 0. The molecule has 4 heteroatoms. The molecule has 1 aromatic carbocycles. The fourth-order valence-corrected chi connectivity index (χ4v) is 3.34. The summed E-state index contributed by atoms with van der Waals surface area (Å²) in [4.78, 5) is 16.3. The molecule has 1 heterocycles. The van der Waals surface area contributed by atoms with E-state index in [2.05, 4.69) is 43.2 Å². The number of unbranched alkanes of at least 4 members (excludes halogenated alkanes) is 5. The second-order valence-corrected chi connectivity index (χ2v) is 8.63. The van der Waals surface area contributed by atoms with Gasteiger partial charge < -0.3 is 10.1 Å². The molecule has 0 unspecified atom stereocenters. The van der Waals surface area contributed by atoms with Gasteiger partial charge in [0.05, 0.1) is 12.1 Å². The van der Waals surface area contributed by atoms with E-state index in [1.807, 2.05) is 37.3 Å². The van der Waals surface area contributed by atoms with Crippen molar-refractivity contribution in [1.29, 1.82) is 0 Å². The van der Waals surface area contributed by atoms with Gasteiger partial charge in [-0.3, -0.25) is 4.79 Å². The van der Waals surface area contributed by atoms with Crippen molar-refractivity contribution in [2.45, 2.75) is 66.2 Å². The van der Waals surface area contributed by atoms with Gasteiger partial charge in [-0.2, -0.15) is 0 Å². The first-order valence-electron chi connectivity index (χ1n) is 11.6. The first-order valence-corrected chi connectivity index (χ1v) is 11.6. The lowest BCUT2D eigenvalue weighted by Gasteiger charge is -2.08. The van der Waals surface area contributed by atoms with E-state index in [9.17, 15) is 4.79 Å². The Labute approximate surface area is 187 Å². The first-order chi connectivity index (χ1) is 15.0. The van der Waals surface area contributed by atoms with Crippen LogP contribution in [0.15, 0.2) is 54.1 Å². The molecular weight excluding hydrogens is 384 g/mol. The largest absolute Gasteiger partial charge is 0.478 e. The minimum Gasteiger partial charge on any atom is -0.478 e. The maximum atomic E-state index is 11.7. The molecule has 0 aliphatic heterocycles. The van der Waals surface area contributed by atoms with Gasteiger partial charge in [0.15, 0.2) is 0 Å². The molecule has 0 bridgehead atoms. The van der Waals surface area contributed by atoms with Crippen molar-refractivity contribution in [2.24, 2.45) is 5.92 Å². The van der Waals surface area contributed by atoms with Crippen molar-refractivity contribution in [2.75, 3.05) is 13.2 Å². The number of pyridine rings is 1. The van der Waals surface area contributed by atoms with E-state index in [0.29, 0.717) is 12.5 Å². The van der Waals surface area contributed by atoms with Crippen LogP contribution in [0.1, 0.15) is 64.9 Å². The maximum Gasteiger partial charge on any atom is 0.244 e. The monoisotopic (exact) mass is 422 g/mol. The molecule has 2 rings (SSSR count). The Morgan fingerprint density at radius 2 is 1.87 bits per heavy atom. The molecule has 0 fully saturated rings. The highest BCUT2D eigenvalue weighted by Gasteiger charge is 2.03. The van der Waals surface area contributed by atoms with Crippen molar-refractivity contribution in [3.8, 4) is 5.88 Å². The van der Waals surface area contributed by atoms with Gasteiger partial charge in [-0.25, -0.2) is 4.98 Å². The lowest BCUT2D eigenvalue weighted by Crippen LogP contribution is -2.25. The molecule has 0 spiro atoms. The van der Waals surface area contributed by atoms with Gasteiger partial charge in [-0.1, -0.05) is 63.5 Å². The summed E-state index contributed by atoms with van der Waals surface area (Å²) in [6.45, 7) is 9.68. The van der Waals surface area contributed by atoms with Gasteiger partial charge in [0, 0.05) is 24.1 Å². The van der Waals surface area contributed by atoms with E-state index in [1.54, 1.807) is 6.08 Å². The maximum absolute atomic E-state index is 11.7. The summed E-state index contributed by atoms with van der Waals surface area (Å²) in [7, 11) is 0. The Balaban J connectivity index is 1.54. The molecule has 2 aromatic rings. The highest BCUT2D eigenvalue weighted by atomic mass is 16.5. The molecule has 1 aromatic heterocycles. The fraction of sp³-hybridized carbons (Fsp3) is 0.481. The third-order valence-corrected chi connectivity index (χ3v) is 5.09. The first kappa shape index (κ1) is 24.6. The summed E-state index contributed by atoms with van der Waals surface area (Å²) in [5.74, 6) is 1.19. The zero-order valence-corrected chi connectivity index (χ0v) is 19.6. The molecule has 4 nitrogen and oxygen atoms in total. The number of nitrogens with zero attached hydrogens (tertiary/aromatic N) is 1. The zero-order valence-electron chi connectivity index (χ0n) is 19.6. The van der Waals surface area contributed by atoms with Gasteiger partial charge in [-0.05, 0) is 56.2 Å². The number of carbonyl (C=O) groups is 1. The highest BCUT2D eigenvalue weighted by Crippen LogP contribution is 2.21. The van der Waals surface area contributed by atoms with Gasteiger partial charge in [-0.15, -0.1) is 0 Å². The number of ether oxygens (including phenoxy) is 1. The number of hydrogen-bond acceptors (Lipinski definition) is 3. The number of hydrogen-bond donors (Lipinski definition) is 1. The number of nitrogens with one attached hydrogen (secondary N) is 1. The van der Waals surface area contributed by atoms with Gasteiger partial charge >= 0.3 is 0 Å². The van der Waals surface area contributed by atoms with Crippen LogP contribution in [0.5, 0.6) is 5.88 Å². The van der Waals surface area contributed by atoms with Crippen LogP contribution < -0.4 is 10.1 Å². The van der Waals surface area contributed by atoms with E-state index in [-0.39, 0.29) is 5.91 Å². The smallest absolute Gasteiger partial charge is 0.244 e. The Morgan fingerprint density at radius 1 is 1.13 bits per heavy atom. The molecule has 0 radical (unpaired) electrons. The van der Waals surface area contributed by atoms with E-state index in [0.717, 1.165) is 36.4 Å². The SMILES string of the molecule is CC(/C=C/CCCCCCCOc1cc(C)c2ccccc2n1)=C\C(=O)NCC(C)C. The average Bonchev–Trinajstić information content (AvgIpc) is 2.73. The lowest BCUT2D eigenvalue weighted by molar-refractivity contribution is -0.116. The summed E-state index contributed by atoms with van der Waals surface area (Å²) < 4.78 is 5.87. The van der Waals surface area contributed by atoms with Gasteiger partial charge in [0.2, 0.25) is 11.8 Å². The zero-order chi connectivity index (χ0) is 22.5. The predicted octanol–water partition coefficient (Wildman–Crippen LogP) is 6.54. The van der Waals surface area contributed by atoms with Crippen LogP contribution in [0.3, 0.4) is 0 Å². The number of amides is 1. The number of para-hydroxylation sites is 1. The number of carbonyl (C=O) groups excluding carboxylic acids is 1. The molecule has 0 aliphatic carbocycles. The normalized spacial score (nSPS) is 12.1. The lowest BCUT2D eigenvalue weighted by atomic mass is 10.1. The van der Waals surface area contributed by atoms with Crippen molar-refractivity contribution in [1.82, 2.24) is 10.3 Å². The molecule has 1 amide bonds. The Kier molecular flexibility index (Phi) is 10.8. The molecule has 0 saturated heterocycles. The highest BCUT2D eigenvalue weighted by molar-refractivity contribution is 5.88. The van der Waals surface area contributed by atoms with Crippen LogP contribution in [0.4, 0.5) is 0 Å². The van der Waals surface area contributed by atoms with Gasteiger partial charge in [0.25, 0.3) is 0 Å². The topological polar surface area (TPSA) is 51.2 Å². The molecule has 0 atom stereocenters. The standard InChI is InChI=1S/C27H38N2O2/c1-21(2)20-28-26(30)18-22(3)14-10-8-6-5-7-9-13-17-31-27-19-23(4)24-15-11-12-16-25(24)29-27/h10-12,14-16,18-19,21H,5-9,13,17,20H2,1-4H3,(H,28,30)/b14-10+,22-18+. The third kappa shape index (κ3) is 9.82. The molecule has 1 N–H and O–H groups in total. The van der Waals surface area contributed by atoms with E-state index in [1.165, 1.54) is 36.6 Å². The second kappa shape index (κ2) is 13.6.